The second-order valence-electron chi connectivity index (χ2n) is 9.13. The Bertz CT molecular complexity index is 804. The molecule has 3 rings (SSSR count). The van der Waals surface area contributed by atoms with E-state index >= 15 is 0 Å². The van der Waals surface area contributed by atoms with Gasteiger partial charge in [0.2, 0.25) is 5.91 Å². The summed E-state index contributed by atoms with van der Waals surface area (Å²) in [7, 11) is 2.06. The lowest BCUT2D eigenvalue weighted by atomic mass is 9.87. The second kappa shape index (κ2) is 10.1. The van der Waals surface area contributed by atoms with E-state index in [9.17, 15) is 4.79 Å². The van der Waals surface area contributed by atoms with E-state index in [1.54, 1.807) is 0 Å². The SMILES string of the molecule is CN(CCC(=O)Nc1ccc(N2CCOCC2)cc1)Cc1ccc(C(C)(C)C)cc1. The van der Waals surface area contributed by atoms with E-state index in [0.29, 0.717) is 6.42 Å². The molecule has 1 N–H and O–H groups in total. The van der Waals surface area contributed by atoms with Crippen molar-refractivity contribution in [1.82, 2.24) is 4.90 Å². The molecule has 1 heterocycles. The summed E-state index contributed by atoms with van der Waals surface area (Å²) in [6.07, 6.45) is 0.474. The minimum atomic E-state index is 0.0454. The van der Waals surface area contributed by atoms with Gasteiger partial charge in [0.15, 0.2) is 0 Å². The Morgan fingerprint density at radius 1 is 1.03 bits per heavy atom. The average molecular weight is 410 g/mol. The number of rotatable bonds is 7. The van der Waals surface area contributed by atoms with Crippen LogP contribution in [0.15, 0.2) is 48.5 Å². The molecule has 0 bridgehead atoms. The van der Waals surface area contributed by atoms with Crippen LogP contribution in [0, 0.1) is 0 Å². The van der Waals surface area contributed by atoms with Crippen LogP contribution >= 0.6 is 0 Å². The molecule has 1 saturated heterocycles. The summed E-state index contributed by atoms with van der Waals surface area (Å²) in [4.78, 5) is 16.8. The number of ether oxygens (including phenoxy) is 1. The summed E-state index contributed by atoms with van der Waals surface area (Å²) >= 11 is 0. The van der Waals surface area contributed by atoms with Gasteiger partial charge in [0.25, 0.3) is 0 Å². The number of benzene rings is 2. The van der Waals surface area contributed by atoms with Crippen LogP contribution < -0.4 is 10.2 Å². The van der Waals surface area contributed by atoms with Crippen LogP contribution in [0.5, 0.6) is 0 Å². The molecule has 0 saturated carbocycles. The van der Waals surface area contributed by atoms with E-state index in [1.807, 2.05) is 12.1 Å². The summed E-state index contributed by atoms with van der Waals surface area (Å²) in [5.74, 6) is 0.0454. The van der Waals surface area contributed by atoms with Crippen molar-refractivity contribution >= 4 is 17.3 Å². The van der Waals surface area contributed by atoms with Gasteiger partial charge in [0, 0.05) is 44.0 Å². The van der Waals surface area contributed by atoms with Crippen molar-refractivity contribution in [1.29, 1.82) is 0 Å². The lowest BCUT2D eigenvalue weighted by Crippen LogP contribution is -2.36. The van der Waals surface area contributed by atoms with Gasteiger partial charge in [-0.1, -0.05) is 45.0 Å². The van der Waals surface area contributed by atoms with E-state index < -0.39 is 0 Å². The molecule has 1 amide bonds. The fourth-order valence-corrected chi connectivity index (χ4v) is 3.59. The van der Waals surface area contributed by atoms with Crippen molar-refractivity contribution in [2.24, 2.45) is 0 Å². The zero-order valence-corrected chi connectivity index (χ0v) is 18.8. The predicted molar refractivity (Wildman–Crippen MR) is 124 cm³/mol. The molecule has 0 aromatic heterocycles. The molecular formula is C25H35N3O2. The van der Waals surface area contributed by atoms with E-state index in [4.69, 9.17) is 4.74 Å². The Hall–Kier alpha value is -2.37. The number of nitrogens with zero attached hydrogens (tertiary/aromatic N) is 2. The molecule has 1 aliphatic heterocycles. The Morgan fingerprint density at radius 3 is 2.27 bits per heavy atom. The molecule has 30 heavy (non-hydrogen) atoms. The van der Waals surface area contributed by atoms with Gasteiger partial charge in [-0.25, -0.2) is 0 Å². The first-order chi connectivity index (χ1) is 14.3. The highest BCUT2D eigenvalue weighted by Gasteiger charge is 2.14. The van der Waals surface area contributed by atoms with Crippen molar-refractivity contribution in [2.75, 3.05) is 50.1 Å². The maximum absolute atomic E-state index is 12.3. The summed E-state index contributed by atoms with van der Waals surface area (Å²) < 4.78 is 5.40. The van der Waals surface area contributed by atoms with Gasteiger partial charge in [0.1, 0.15) is 0 Å². The zero-order valence-electron chi connectivity index (χ0n) is 18.8. The zero-order chi connectivity index (χ0) is 21.6. The van der Waals surface area contributed by atoms with Crippen molar-refractivity contribution in [2.45, 2.75) is 39.2 Å². The number of anilines is 2. The van der Waals surface area contributed by atoms with E-state index in [1.165, 1.54) is 16.8 Å². The number of hydrogen-bond donors (Lipinski definition) is 1. The van der Waals surface area contributed by atoms with Crippen LogP contribution in [-0.4, -0.2) is 50.7 Å². The Kier molecular flexibility index (Phi) is 7.51. The van der Waals surface area contributed by atoms with Gasteiger partial charge in [-0.15, -0.1) is 0 Å². The molecule has 1 fully saturated rings. The molecule has 0 radical (unpaired) electrons. The van der Waals surface area contributed by atoms with Crippen molar-refractivity contribution < 1.29 is 9.53 Å². The monoisotopic (exact) mass is 409 g/mol. The molecule has 5 heteroatoms. The third kappa shape index (κ3) is 6.57. The average Bonchev–Trinajstić information content (AvgIpc) is 2.73. The molecule has 2 aromatic carbocycles. The fourth-order valence-electron chi connectivity index (χ4n) is 3.59. The number of morpholine rings is 1. The van der Waals surface area contributed by atoms with Crippen LogP contribution in [0.25, 0.3) is 0 Å². The van der Waals surface area contributed by atoms with Gasteiger partial charge in [0.05, 0.1) is 13.2 Å². The molecule has 162 valence electrons. The van der Waals surface area contributed by atoms with Gasteiger partial charge in [-0.2, -0.15) is 0 Å². The lowest BCUT2D eigenvalue weighted by molar-refractivity contribution is -0.116. The number of hydrogen-bond acceptors (Lipinski definition) is 4. The van der Waals surface area contributed by atoms with Gasteiger partial charge < -0.3 is 19.9 Å². The maximum Gasteiger partial charge on any atom is 0.225 e. The standard InChI is InChI=1S/C25H35N3O2/c1-25(2,3)21-7-5-20(6-8-21)19-27(4)14-13-24(29)26-22-9-11-23(12-10-22)28-15-17-30-18-16-28/h5-12H,13-19H2,1-4H3,(H,26,29). The number of carbonyl (C=O) groups excluding carboxylic acids is 1. The fraction of sp³-hybridized carbons (Fsp3) is 0.480. The third-order valence-corrected chi connectivity index (χ3v) is 5.52. The van der Waals surface area contributed by atoms with E-state index in [-0.39, 0.29) is 11.3 Å². The summed E-state index contributed by atoms with van der Waals surface area (Å²) in [6, 6.07) is 16.9. The number of nitrogens with one attached hydrogen (secondary N) is 1. The maximum atomic E-state index is 12.3. The van der Waals surface area contributed by atoms with Crippen LogP contribution in [0.4, 0.5) is 11.4 Å². The van der Waals surface area contributed by atoms with Crippen LogP contribution in [0.3, 0.4) is 0 Å². The van der Waals surface area contributed by atoms with E-state index in [2.05, 4.69) is 79.3 Å². The molecule has 0 atom stereocenters. The largest absolute Gasteiger partial charge is 0.378 e. The highest BCUT2D eigenvalue weighted by Crippen LogP contribution is 2.22. The Morgan fingerprint density at radius 2 is 1.67 bits per heavy atom. The van der Waals surface area contributed by atoms with Crippen LogP contribution in [0.2, 0.25) is 0 Å². The van der Waals surface area contributed by atoms with Crippen molar-refractivity contribution in [3.05, 3.63) is 59.7 Å². The number of carbonyl (C=O) groups is 1. The van der Waals surface area contributed by atoms with Gasteiger partial charge >= 0.3 is 0 Å². The molecule has 1 aliphatic rings. The molecule has 0 unspecified atom stereocenters. The van der Waals surface area contributed by atoms with Crippen LogP contribution in [-0.2, 0) is 21.5 Å². The normalized spacial score (nSPS) is 14.8. The van der Waals surface area contributed by atoms with Gasteiger partial charge in [-0.3, -0.25) is 4.79 Å². The topological polar surface area (TPSA) is 44.8 Å². The summed E-state index contributed by atoms with van der Waals surface area (Å²) in [6.45, 7) is 11.6. The minimum absolute atomic E-state index is 0.0454. The Balaban J connectivity index is 1.42. The quantitative estimate of drug-likeness (QED) is 0.741. The Labute approximate surface area is 181 Å². The van der Waals surface area contributed by atoms with E-state index in [0.717, 1.165) is 45.1 Å². The molecular weight excluding hydrogens is 374 g/mol. The second-order valence-corrected chi connectivity index (χ2v) is 9.13. The smallest absolute Gasteiger partial charge is 0.225 e. The van der Waals surface area contributed by atoms with Gasteiger partial charge in [-0.05, 0) is 47.9 Å². The highest BCUT2D eigenvalue weighted by molar-refractivity contribution is 5.91. The molecule has 0 spiro atoms. The lowest BCUT2D eigenvalue weighted by Gasteiger charge is -2.28. The summed E-state index contributed by atoms with van der Waals surface area (Å²) in [5, 5.41) is 3.01. The highest BCUT2D eigenvalue weighted by atomic mass is 16.5. The molecule has 2 aromatic rings. The molecule has 5 nitrogen and oxygen atoms in total. The minimum Gasteiger partial charge on any atom is -0.378 e. The predicted octanol–water partition coefficient (Wildman–Crippen LogP) is 4.28. The number of amides is 1. The first-order valence-corrected chi connectivity index (χ1v) is 10.8. The van der Waals surface area contributed by atoms with Crippen molar-refractivity contribution in [3.8, 4) is 0 Å². The van der Waals surface area contributed by atoms with Crippen molar-refractivity contribution in [3.63, 3.8) is 0 Å². The summed E-state index contributed by atoms with van der Waals surface area (Å²) in [5.41, 5.74) is 4.80. The first-order valence-electron chi connectivity index (χ1n) is 10.8. The molecule has 0 aliphatic carbocycles. The first kappa shape index (κ1) is 22.3. The van der Waals surface area contributed by atoms with Crippen LogP contribution in [0.1, 0.15) is 38.3 Å². The third-order valence-electron chi connectivity index (χ3n) is 5.52.